The van der Waals surface area contributed by atoms with Crippen molar-refractivity contribution in [1.82, 2.24) is 4.90 Å². The number of aliphatic hydroxyl groups excluding tert-OH is 1. The summed E-state index contributed by atoms with van der Waals surface area (Å²) in [6, 6.07) is 25.5. The van der Waals surface area contributed by atoms with Gasteiger partial charge in [0, 0.05) is 19.1 Å². The molecule has 0 heterocycles. The summed E-state index contributed by atoms with van der Waals surface area (Å²) in [6.07, 6.45) is 0.310. The second kappa shape index (κ2) is 9.77. The van der Waals surface area contributed by atoms with E-state index >= 15 is 0 Å². The van der Waals surface area contributed by atoms with Gasteiger partial charge in [-0.1, -0.05) is 66.7 Å². The van der Waals surface area contributed by atoms with Gasteiger partial charge in [0.15, 0.2) is 0 Å². The van der Waals surface area contributed by atoms with Crippen LogP contribution in [-0.4, -0.2) is 22.6 Å². The van der Waals surface area contributed by atoms with E-state index in [2.05, 4.69) is 67.3 Å². The van der Waals surface area contributed by atoms with E-state index < -0.39 is 6.10 Å². The van der Waals surface area contributed by atoms with E-state index in [9.17, 15) is 5.11 Å². The van der Waals surface area contributed by atoms with Crippen molar-refractivity contribution in [2.45, 2.75) is 39.0 Å². The molecule has 3 aromatic rings. The zero-order valence-corrected chi connectivity index (χ0v) is 16.6. The minimum atomic E-state index is -0.429. The van der Waals surface area contributed by atoms with Crippen LogP contribution in [0.5, 0.6) is 0 Å². The van der Waals surface area contributed by atoms with Crippen LogP contribution >= 0.6 is 13.5 Å². The molecule has 138 valence electrons. The van der Waals surface area contributed by atoms with Crippen molar-refractivity contribution >= 4 is 24.3 Å². The monoisotopic (exact) mass is 367 g/mol. The minimum absolute atomic E-state index is 0. The summed E-state index contributed by atoms with van der Waals surface area (Å²) >= 11 is 0. The van der Waals surface area contributed by atoms with Gasteiger partial charge in [-0.05, 0) is 48.2 Å². The Balaban J connectivity index is 0.00000243. The fraction of sp³-hybridized carbons (Fsp3) is 0.304. The van der Waals surface area contributed by atoms with Gasteiger partial charge in [0.25, 0.3) is 0 Å². The SMILES string of the molecule is CC(C)N(CC[C@H](O)c1ccc2ccccc2c1)Cc1ccccc1.S. The molecule has 0 aliphatic carbocycles. The fourth-order valence-corrected chi connectivity index (χ4v) is 3.21. The Morgan fingerprint density at radius 1 is 0.846 bits per heavy atom. The molecule has 0 radical (unpaired) electrons. The minimum Gasteiger partial charge on any atom is -0.388 e. The molecule has 0 aliphatic rings. The van der Waals surface area contributed by atoms with Crippen LogP contribution in [0.1, 0.15) is 37.5 Å². The average Bonchev–Trinajstić information content (AvgIpc) is 2.65. The molecule has 0 spiro atoms. The molecule has 0 saturated heterocycles. The van der Waals surface area contributed by atoms with Gasteiger partial charge >= 0.3 is 0 Å². The first-order chi connectivity index (χ1) is 12.1. The largest absolute Gasteiger partial charge is 0.388 e. The van der Waals surface area contributed by atoms with Crippen LogP contribution in [-0.2, 0) is 6.54 Å². The van der Waals surface area contributed by atoms with Gasteiger partial charge in [-0.25, -0.2) is 0 Å². The van der Waals surface area contributed by atoms with E-state index in [4.69, 9.17) is 0 Å². The molecule has 1 atom stereocenters. The molecule has 0 bridgehead atoms. The van der Waals surface area contributed by atoms with E-state index in [1.807, 2.05) is 24.3 Å². The Kier molecular flexibility index (Phi) is 7.70. The van der Waals surface area contributed by atoms with Crippen LogP contribution in [0.3, 0.4) is 0 Å². The molecule has 3 rings (SSSR count). The van der Waals surface area contributed by atoms with Gasteiger partial charge in [-0.2, -0.15) is 13.5 Å². The third-order valence-corrected chi connectivity index (χ3v) is 4.81. The molecule has 0 aliphatic heterocycles. The third-order valence-electron chi connectivity index (χ3n) is 4.81. The molecule has 0 amide bonds. The predicted octanol–water partition coefficient (Wildman–Crippen LogP) is 5.29. The molecule has 26 heavy (non-hydrogen) atoms. The number of hydrogen-bond donors (Lipinski definition) is 1. The van der Waals surface area contributed by atoms with Gasteiger partial charge < -0.3 is 5.11 Å². The maximum absolute atomic E-state index is 10.7. The Hall–Kier alpha value is -1.81. The third kappa shape index (κ3) is 5.34. The summed E-state index contributed by atoms with van der Waals surface area (Å²) in [4.78, 5) is 2.42. The van der Waals surface area contributed by atoms with Gasteiger partial charge in [-0.3, -0.25) is 4.90 Å². The van der Waals surface area contributed by atoms with Crippen molar-refractivity contribution in [3.05, 3.63) is 83.9 Å². The van der Waals surface area contributed by atoms with Crippen molar-refractivity contribution in [2.75, 3.05) is 6.54 Å². The molecule has 0 fully saturated rings. The Morgan fingerprint density at radius 2 is 1.50 bits per heavy atom. The molecule has 0 unspecified atom stereocenters. The summed E-state index contributed by atoms with van der Waals surface area (Å²) in [5.41, 5.74) is 2.32. The molecule has 3 heteroatoms. The van der Waals surface area contributed by atoms with Crippen LogP contribution in [0.15, 0.2) is 72.8 Å². The van der Waals surface area contributed by atoms with E-state index in [1.165, 1.54) is 16.3 Å². The van der Waals surface area contributed by atoms with Crippen LogP contribution in [0, 0.1) is 0 Å². The van der Waals surface area contributed by atoms with Crippen LogP contribution in [0.25, 0.3) is 10.8 Å². The first-order valence-corrected chi connectivity index (χ1v) is 9.08. The number of rotatable bonds is 7. The number of aliphatic hydroxyl groups is 1. The fourth-order valence-electron chi connectivity index (χ4n) is 3.21. The van der Waals surface area contributed by atoms with Crippen LogP contribution < -0.4 is 0 Å². The summed E-state index contributed by atoms with van der Waals surface area (Å²) in [5.74, 6) is 0. The smallest absolute Gasteiger partial charge is 0.0802 e. The van der Waals surface area contributed by atoms with E-state index in [-0.39, 0.29) is 13.5 Å². The zero-order chi connectivity index (χ0) is 17.6. The summed E-state index contributed by atoms with van der Waals surface area (Å²) < 4.78 is 0. The van der Waals surface area contributed by atoms with Crippen LogP contribution in [0.4, 0.5) is 0 Å². The highest BCUT2D eigenvalue weighted by molar-refractivity contribution is 7.59. The lowest BCUT2D eigenvalue weighted by Crippen LogP contribution is -2.32. The molecule has 1 N–H and O–H groups in total. The molecule has 2 nitrogen and oxygen atoms in total. The van der Waals surface area contributed by atoms with Gasteiger partial charge in [-0.15, -0.1) is 0 Å². The molecular formula is C23H29NOS. The second-order valence-electron chi connectivity index (χ2n) is 6.96. The van der Waals surface area contributed by atoms with Crippen molar-refractivity contribution in [2.24, 2.45) is 0 Å². The lowest BCUT2D eigenvalue weighted by molar-refractivity contribution is 0.127. The highest BCUT2D eigenvalue weighted by atomic mass is 32.1. The highest BCUT2D eigenvalue weighted by Crippen LogP contribution is 2.23. The van der Waals surface area contributed by atoms with E-state index in [0.717, 1.165) is 25.1 Å². The first-order valence-electron chi connectivity index (χ1n) is 9.08. The number of fused-ring (bicyclic) bond motifs is 1. The normalized spacial score (nSPS) is 12.3. The zero-order valence-electron chi connectivity index (χ0n) is 15.6. The van der Waals surface area contributed by atoms with Crippen molar-refractivity contribution in [3.8, 4) is 0 Å². The molecule has 0 aromatic heterocycles. The molecule has 3 aromatic carbocycles. The lowest BCUT2D eigenvalue weighted by Gasteiger charge is -2.27. The number of hydrogen-bond acceptors (Lipinski definition) is 2. The first kappa shape index (κ1) is 20.5. The Bertz CT molecular complexity index is 803. The van der Waals surface area contributed by atoms with Gasteiger partial charge in [0.1, 0.15) is 0 Å². The van der Waals surface area contributed by atoms with Crippen molar-refractivity contribution < 1.29 is 5.11 Å². The maximum atomic E-state index is 10.7. The summed E-state index contributed by atoms with van der Waals surface area (Å²) in [5, 5.41) is 13.0. The maximum Gasteiger partial charge on any atom is 0.0802 e. The topological polar surface area (TPSA) is 23.5 Å². The van der Waals surface area contributed by atoms with Gasteiger partial charge in [0.2, 0.25) is 0 Å². The predicted molar refractivity (Wildman–Crippen MR) is 116 cm³/mol. The van der Waals surface area contributed by atoms with Crippen molar-refractivity contribution in [1.29, 1.82) is 0 Å². The van der Waals surface area contributed by atoms with Gasteiger partial charge in [0.05, 0.1) is 6.10 Å². The average molecular weight is 368 g/mol. The second-order valence-corrected chi connectivity index (χ2v) is 6.96. The lowest BCUT2D eigenvalue weighted by atomic mass is 10.0. The summed E-state index contributed by atoms with van der Waals surface area (Å²) in [7, 11) is 0. The van der Waals surface area contributed by atoms with E-state index in [1.54, 1.807) is 0 Å². The Morgan fingerprint density at radius 3 is 2.19 bits per heavy atom. The summed E-state index contributed by atoms with van der Waals surface area (Å²) in [6.45, 7) is 6.22. The number of benzene rings is 3. The molecular weight excluding hydrogens is 338 g/mol. The van der Waals surface area contributed by atoms with Crippen LogP contribution in [0.2, 0.25) is 0 Å². The molecule has 0 saturated carbocycles. The number of nitrogens with zero attached hydrogens (tertiary/aromatic N) is 1. The quantitative estimate of drug-likeness (QED) is 0.613. The highest BCUT2D eigenvalue weighted by Gasteiger charge is 2.14. The van der Waals surface area contributed by atoms with E-state index in [0.29, 0.717) is 6.04 Å². The Labute approximate surface area is 163 Å². The standard InChI is InChI=1S/C23H27NO.H2S/c1-18(2)24(17-19-8-4-3-5-9-19)15-14-23(25)22-13-12-20-10-6-7-11-21(20)16-22;/h3-13,16,18,23,25H,14-15,17H2,1-2H3;1H2/t23-;/m0./s1. The van der Waals surface area contributed by atoms with Crippen molar-refractivity contribution in [3.63, 3.8) is 0 Å².